The van der Waals surface area contributed by atoms with Crippen LogP contribution in [0.25, 0.3) is 0 Å². The Morgan fingerprint density at radius 3 is 2.38 bits per heavy atom. The minimum Gasteiger partial charge on any atom is -0.323 e. The first-order chi connectivity index (χ1) is 7.59. The molecule has 16 heavy (non-hydrogen) atoms. The molecule has 5 heteroatoms. The largest absolute Gasteiger partial charge is 0.323 e. The Kier molecular flexibility index (Phi) is 3.28. The van der Waals surface area contributed by atoms with E-state index in [1.165, 1.54) is 4.31 Å². The van der Waals surface area contributed by atoms with Crippen molar-refractivity contribution >= 4 is 10.0 Å². The average Bonchev–Trinajstić information content (AvgIpc) is 2.14. The second-order valence-electron chi connectivity index (χ2n) is 4.05. The van der Waals surface area contributed by atoms with Crippen molar-refractivity contribution in [2.24, 2.45) is 5.73 Å². The van der Waals surface area contributed by atoms with Crippen LogP contribution >= 0.6 is 0 Å². The van der Waals surface area contributed by atoms with Crippen molar-refractivity contribution in [1.29, 1.82) is 0 Å². The number of rotatable bonds is 4. The molecular weight excluding hydrogens is 224 g/mol. The van der Waals surface area contributed by atoms with E-state index >= 15 is 0 Å². The van der Waals surface area contributed by atoms with Gasteiger partial charge in [-0.15, -0.1) is 0 Å². The highest BCUT2D eigenvalue weighted by atomic mass is 32.2. The molecule has 1 fully saturated rings. The topological polar surface area (TPSA) is 63.4 Å². The fourth-order valence-electron chi connectivity index (χ4n) is 1.69. The van der Waals surface area contributed by atoms with Gasteiger partial charge in [-0.2, -0.15) is 0 Å². The van der Waals surface area contributed by atoms with Crippen LogP contribution in [0.3, 0.4) is 0 Å². The summed E-state index contributed by atoms with van der Waals surface area (Å²) in [6.07, 6.45) is 0.958. The second kappa shape index (κ2) is 4.53. The normalized spacial score (nSPS) is 19.1. The van der Waals surface area contributed by atoms with Crippen LogP contribution in [-0.2, 0) is 10.0 Å². The predicted molar refractivity (Wildman–Crippen MR) is 63.3 cm³/mol. The molecule has 0 amide bonds. The maximum atomic E-state index is 11.8. The molecule has 1 unspecified atom stereocenters. The number of benzene rings is 1. The molecule has 2 rings (SSSR count). The SMILES string of the molecule is NC(CS(=O)(=O)N1CCC1)c1ccccc1. The van der Waals surface area contributed by atoms with Crippen LogP contribution in [0.2, 0.25) is 0 Å². The molecule has 0 bridgehead atoms. The number of hydrogen-bond donors (Lipinski definition) is 1. The molecule has 0 saturated carbocycles. The zero-order chi connectivity index (χ0) is 11.6. The van der Waals surface area contributed by atoms with Crippen molar-refractivity contribution in [3.8, 4) is 0 Å². The first-order valence-corrected chi connectivity index (χ1v) is 6.99. The van der Waals surface area contributed by atoms with Gasteiger partial charge in [0, 0.05) is 19.1 Å². The van der Waals surface area contributed by atoms with Gasteiger partial charge in [-0.05, 0) is 12.0 Å². The fraction of sp³-hybridized carbons (Fsp3) is 0.455. The summed E-state index contributed by atoms with van der Waals surface area (Å²) in [5.41, 5.74) is 6.76. The second-order valence-corrected chi connectivity index (χ2v) is 6.06. The van der Waals surface area contributed by atoms with Crippen LogP contribution in [0.4, 0.5) is 0 Å². The van der Waals surface area contributed by atoms with Crippen molar-refractivity contribution < 1.29 is 8.42 Å². The minimum absolute atomic E-state index is 0.00296. The summed E-state index contributed by atoms with van der Waals surface area (Å²) >= 11 is 0. The van der Waals surface area contributed by atoms with Crippen molar-refractivity contribution in [3.05, 3.63) is 35.9 Å². The van der Waals surface area contributed by atoms with Gasteiger partial charge in [0.25, 0.3) is 0 Å². The third-order valence-electron chi connectivity index (χ3n) is 2.83. The van der Waals surface area contributed by atoms with Crippen LogP contribution in [0.15, 0.2) is 30.3 Å². The monoisotopic (exact) mass is 240 g/mol. The predicted octanol–water partition coefficient (Wildman–Crippen LogP) is 0.722. The van der Waals surface area contributed by atoms with Gasteiger partial charge in [0.2, 0.25) is 10.0 Å². The summed E-state index contributed by atoms with van der Waals surface area (Å²) in [4.78, 5) is 0. The van der Waals surface area contributed by atoms with Gasteiger partial charge >= 0.3 is 0 Å². The summed E-state index contributed by atoms with van der Waals surface area (Å²) < 4.78 is 25.2. The molecule has 1 heterocycles. The molecule has 2 N–H and O–H groups in total. The van der Waals surface area contributed by atoms with Crippen LogP contribution in [0.1, 0.15) is 18.0 Å². The van der Waals surface area contributed by atoms with Gasteiger partial charge in [-0.3, -0.25) is 0 Å². The van der Waals surface area contributed by atoms with Gasteiger partial charge in [-0.25, -0.2) is 12.7 Å². The third kappa shape index (κ3) is 2.42. The summed E-state index contributed by atoms with van der Waals surface area (Å²) in [6, 6.07) is 8.90. The fourth-order valence-corrected chi connectivity index (χ4v) is 3.37. The van der Waals surface area contributed by atoms with E-state index in [4.69, 9.17) is 5.73 Å². The summed E-state index contributed by atoms with van der Waals surface area (Å²) in [6.45, 7) is 1.29. The molecule has 88 valence electrons. The van der Waals surface area contributed by atoms with Crippen LogP contribution < -0.4 is 5.73 Å². The van der Waals surface area contributed by atoms with E-state index in [1.54, 1.807) is 0 Å². The van der Waals surface area contributed by atoms with Crippen molar-refractivity contribution in [3.63, 3.8) is 0 Å². The average molecular weight is 240 g/mol. The lowest BCUT2D eigenvalue weighted by Crippen LogP contribution is -2.44. The maximum Gasteiger partial charge on any atom is 0.215 e. The van der Waals surface area contributed by atoms with Crippen molar-refractivity contribution in [2.45, 2.75) is 12.5 Å². The van der Waals surface area contributed by atoms with Gasteiger partial charge in [0.05, 0.1) is 5.75 Å². The molecule has 0 aromatic heterocycles. The van der Waals surface area contributed by atoms with E-state index in [-0.39, 0.29) is 5.75 Å². The van der Waals surface area contributed by atoms with E-state index < -0.39 is 16.1 Å². The Bertz CT molecular complexity index is 440. The Morgan fingerprint density at radius 1 is 1.25 bits per heavy atom. The molecule has 1 aromatic carbocycles. The Balaban J connectivity index is 2.04. The van der Waals surface area contributed by atoms with E-state index in [9.17, 15) is 8.42 Å². The Morgan fingerprint density at radius 2 is 1.88 bits per heavy atom. The maximum absolute atomic E-state index is 11.8. The Hall–Kier alpha value is -0.910. The standard InChI is InChI=1S/C11H16N2O2S/c12-11(10-5-2-1-3-6-10)9-16(14,15)13-7-4-8-13/h1-3,5-6,11H,4,7-9,12H2. The van der Waals surface area contributed by atoms with Crippen LogP contribution in [0, 0.1) is 0 Å². The molecule has 1 aromatic rings. The number of hydrogen-bond acceptors (Lipinski definition) is 3. The van der Waals surface area contributed by atoms with E-state index in [1.807, 2.05) is 30.3 Å². The molecule has 0 radical (unpaired) electrons. The summed E-state index contributed by atoms with van der Waals surface area (Å²) in [5.74, 6) is -0.00296. The molecule has 1 aliphatic rings. The number of nitrogens with two attached hydrogens (primary N) is 1. The molecule has 1 saturated heterocycles. The molecule has 0 spiro atoms. The minimum atomic E-state index is -3.16. The quantitative estimate of drug-likeness (QED) is 0.843. The molecule has 1 aliphatic heterocycles. The third-order valence-corrected chi connectivity index (χ3v) is 4.76. The van der Waals surface area contributed by atoms with E-state index in [0.29, 0.717) is 13.1 Å². The van der Waals surface area contributed by atoms with E-state index in [2.05, 4.69) is 0 Å². The zero-order valence-electron chi connectivity index (χ0n) is 9.04. The highest BCUT2D eigenvalue weighted by molar-refractivity contribution is 7.89. The highest BCUT2D eigenvalue weighted by Crippen LogP contribution is 2.18. The first-order valence-electron chi connectivity index (χ1n) is 5.38. The molecule has 0 aliphatic carbocycles. The smallest absolute Gasteiger partial charge is 0.215 e. The van der Waals surface area contributed by atoms with Gasteiger partial charge in [0.1, 0.15) is 0 Å². The van der Waals surface area contributed by atoms with Crippen molar-refractivity contribution in [2.75, 3.05) is 18.8 Å². The first kappa shape index (κ1) is 11.6. The van der Waals surface area contributed by atoms with Gasteiger partial charge in [0.15, 0.2) is 0 Å². The lowest BCUT2D eigenvalue weighted by molar-refractivity contribution is 0.308. The molecule has 4 nitrogen and oxygen atoms in total. The Labute approximate surface area is 96.1 Å². The highest BCUT2D eigenvalue weighted by Gasteiger charge is 2.29. The van der Waals surface area contributed by atoms with Crippen LogP contribution in [-0.4, -0.2) is 31.6 Å². The lowest BCUT2D eigenvalue weighted by atomic mass is 10.1. The van der Waals surface area contributed by atoms with Gasteiger partial charge < -0.3 is 5.73 Å². The summed E-state index contributed by atoms with van der Waals surface area (Å²) in [7, 11) is -3.16. The number of nitrogens with zero attached hydrogens (tertiary/aromatic N) is 1. The lowest BCUT2D eigenvalue weighted by Gasteiger charge is -2.30. The summed E-state index contributed by atoms with van der Waals surface area (Å²) in [5, 5.41) is 0. The molecule has 1 atom stereocenters. The zero-order valence-corrected chi connectivity index (χ0v) is 9.86. The molecular formula is C11H16N2O2S. The van der Waals surface area contributed by atoms with Crippen LogP contribution in [0.5, 0.6) is 0 Å². The van der Waals surface area contributed by atoms with Crippen molar-refractivity contribution in [1.82, 2.24) is 4.31 Å². The van der Waals surface area contributed by atoms with E-state index in [0.717, 1.165) is 12.0 Å². The number of sulfonamides is 1. The van der Waals surface area contributed by atoms with Gasteiger partial charge in [-0.1, -0.05) is 30.3 Å².